The summed E-state index contributed by atoms with van der Waals surface area (Å²) in [6, 6.07) is 7.48. The monoisotopic (exact) mass is 345 g/mol. The van der Waals surface area contributed by atoms with Gasteiger partial charge in [-0.3, -0.25) is 0 Å². The van der Waals surface area contributed by atoms with Crippen molar-refractivity contribution in [2.24, 2.45) is 0 Å². The summed E-state index contributed by atoms with van der Waals surface area (Å²) in [5, 5.41) is 9.38. The van der Waals surface area contributed by atoms with Gasteiger partial charge < -0.3 is 16.0 Å². The third-order valence-corrected chi connectivity index (χ3v) is 4.08. The Hall–Kier alpha value is -2.34. The van der Waals surface area contributed by atoms with E-state index in [0.29, 0.717) is 24.7 Å². The van der Waals surface area contributed by atoms with Crippen molar-refractivity contribution < 1.29 is 4.79 Å². The van der Waals surface area contributed by atoms with Gasteiger partial charge in [-0.2, -0.15) is 0 Å². The fraction of sp³-hybridized carbons (Fsp3) is 0.353. The summed E-state index contributed by atoms with van der Waals surface area (Å²) in [7, 11) is 0. The van der Waals surface area contributed by atoms with E-state index in [0.717, 1.165) is 36.5 Å². The lowest BCUT2D eigenvalue weighted by Gasteiger charge is -2.17. The molecular formula is C17H20ClN5O. The fourth-order valence-corrected chi connectivity index (χ4v) is 2.68. The zero-order valence-electron chi connectivity index (χ0n) is 13.3. The van der Waals surface area contributed by atoms with Crippen LogP contribution in [0.4, 0.5) is 10.6 Å². The summed E-state index contributed by atoms with van der Waals surface area (Å²) < 4.78 is 0. The average Bonchev–Trinajstić information content (AvgIpc) is 2.61. The molecule has 0 bridgehead atoms. The Bertz CT molecular complexity index is 705. The van der Waals surface area contributed by atoms with Gasteiger partial charge in [0, 0.05) is 37.9 Å². The van der Waals surface area contributed by atoms with Crippen LogP contribution in [0.5, 0.6) is 0 Å². The molecule has 3 heterocycles. The van der Waals surface area contributed by atoms with E-state index in [2.05, 4.69) is 32.0 Å². The molecule has 3 N–H and O–H groups in total. The number of hydrogen-bond donors (Lipinski definition) is 3. The molecule has 2 amide bonds. The third-order valence-electron chi connectivity index (χ3n) is 3.86. The summed E-state index contributed by atoms with van der Waals surface area (Å²) >= 11 is 5.72. The van der Waals surface area contributed by atoms with Crippen molar-refractivity contribution >= 4 is 23.4 Å². The first-order valence-corrected chi connectivity index (χ1v) is 8.43. The zero-order valence-corrected chi connectivity index (χ0v) is 14.1. The number of amides is 2. The second-order valence-corrected chi connectivity index (χ2v) is 6.08. The smallest absolute Gasteiger partial charge is 0.315 e. The number of fused-ring (bicyclic) bond motifs is 1. The van der Waals surface area contributed by atoms with E-state index in [-0.39, 0.29) is 6.03 Å². The van der Waals surface area contributed by atoms with Gasteiger partial charge >= 0.3 is 6.03 Å². The first-order chi connectivity index (χ1) is 11.7. The molecule has 2 aromatic rings. The Balaban J connectivity index is 1.41. The number of nitrogens with one attached hydrogen (secondary N) is 3. The van der Waals surface area contributed by atoms with Crippen LogP contribution in [0.3, 0.4) is 0 Å². The number of halogens is 1. The molecule has 7 heteroatoms. The number of nitrogens with zero attached hydrogens (tertiary/aromatic N) is 2. The number of pyridine rings is 2. The van der Waals surface area contributed by atoms with Crippen molar-refractivity contribution in [2.75, 3.05) is 18.4 Å². The van der Waals surface area contributed by atoms with Gasteiger partial charge in [0.1, 0.15) is 11.0 Å². The van der Waals surface area contributed by atoms with Gasteiger partial charge in [-0.25, -0.2) is 14.8 Å². The van der Waals surface area contributed by atoms with Gasteiger partial charge in [0.25, 0.3) is 0 Å². The minimum Gasteiger partial charge on any atom is -0.370 e. The van der Waals surface area contributed by atoms with Gasteiger partial charge in [0.2, 0.25) is 0 Å². The number of aryl methyl sites for hydroxylation is 1. The predicted octanol–water partition coefficient (Wildman–Crippen LogP) is 2.53. The molecule has 0 unspecified atom stereocenters. The highest BCUT2D eigenvalue weighted by molar-refractivity contribution is 6.29. The minimum atomic E-state index is -0.207. The number of urea groups is 1. The summed E-state index contributed by atoms with van der Waals surface area (Å²) in [5.41, 5.74) is 3.15. The first kappa shape index (κ1) is 16.5. The van der Waals surface area contributed by atoms with Gasteiger partial charge in [0.05, 0.1) is 0 Å². The van der Waals surface area contributed by atoms with Crippen LogP contribution < -0.4 is 16.0 Å². The number of carbonyl (C=O) groups is 1. The largest absolute Gasteiger partial charge is 0.370 e. The fourth-order valence-electron chi connectivity index (χ4n) is 2.57. The summed E-state index contributed by atoms with van der Waals surface area (Å²) in [6.07, 6.45) is 4.58. The Morgan fingerprint density at radius 3 is 3.00 bits per heavy atom. The van der Waals surface area contributed by atoms with Gasteiger partial charge in [0.15, 0.2) is 0 Å². The standard InChI is InChI=1S/C17H20ClN5O/c18-15-6-3-12(10-21-15)11-22-17(24)20-9-7-14-5-4-13-2-1-8-19-16(13)23-14/h3-6,10H,1-2,7-9,11H2,(H,19,23)(H2,20,22,24). The molecule has 24 heavy (non-hydrogen) atoms. The maximum Gasteiger partial charge on any atom is 0.315 e. The van der Waals surface area contributed by atoms with Crippen molar-refractivity contribution in [1.29, 1.82) is 0 Å². The Labute approximate surface area is 146 Å². The van der Waals surface area contributed by atoms with Crippen molar-refractivity contribution in [3.8, 4) is 0 Å². The molecule has 0 fully saturated rings. The predicted molar refractivity (Wildman–Crippen MR) is 94.2 cm³/mol. The molecule has 0 spiro atoms. The quantitative estimate of drug-likeness (QED) is 0.728. The topological polar surface area (TPSA) is 78.9 Å². The SMILES string of the molecule is O=C(NCCc1ccc2c(n1)NCCC2)NCc1ccc(Cl)nc1. The second kappa shape index (κ2) is 7.97. The molecule has 0 aliphatic carbocycles. The van der Waals surface area contributed by atoms with Crippen molar-refractivity contribution in [3.63, 3.8) is 0 Å². The van der Waals surface area contributed by atoms with Crippen LogP contribution in [0.25, 0.3) is 0 Å². The maximum atomic E-state index is 11.8. The van der Waals surface area contributed by atoms with Crippen LogP contribution in [0.2, 0.25) is 5.15 Å². The van der Waals surface area contributed by atoms with Gasteiger partial charge in [-0.05, 0) is 36.1 Å². The van der Waals surface area contributed by atoms with Crippen LogP contribution in [-0.4, -0.2) is 29.1 Å². The molecule has 2 aromatic heterocycles. The first-order valence-electron chi connectivity index (χ1n) is 8.05. The number of aromatic nitrogens is 2. The number of rotatable bonds is 5. The Kier molecular flexibility index (Phi) is 5.48. The normalized spacial score (nSPS) is 12.9. The molecule has 6 nitrogen and oxygen atoms in total. The van der Waals surface area contributed by atoms with E-state index in [9.17, 15) is 4.79 Å². The van der Waals surface area contributed by atoms with E-state index in [1.54, 1.807) is 12.3 Å². The van der Waals surface area contributed by atoms with Crippen LogP contribution in [0.15, 0.2) is 30.5 Å². The van der Waals surface area contributed by atoms with Gasteiger partial charge in [-0.1, -0.05) is 23.7 Å². The number of anilines is 1. The average molecular weight is 346 g/mol. The third kappa shape index (κ3) is 4.58. The molecule has 0 atom stereocenters. The molecule has 1 aliphatic rings. The minimum absolute atomic E-state index is 0.207. The van der Waals surface area contributed by atoms with E-state index >= 15 is 0 Å². The lowest BCUT2D eigenvalue weighted by atomic mass is 10.1. The van der Waals surface area contributed by atoms with Crippen molar-refractivity contribution in [1.82, 2.24) is 20.6 Å². The molecule has 126 valence electrons. The molecule has 1 aliphatic heterocycles. The van der Waals surface area contributed by atoms with Crippen LogP contribution in [-0.2, 0) is 19.4 Å². The Morgan fingerprint density at radius 1 is 1.25 bits per heavy atom. The zero-order chi connectivity index (χ0) is 16.8. The highest BCUT2D eigenvalue weighted by Gasteiger charge is 2.10. The number of hydrogen-bond acceptors (Lipinski definition) is 4. The second-order valence-electron chi connectivity index (χ2n) is 5.69. The van der Waals surface area contributed by atoms with Crippen LogP contribution in [0, 0.1) is 0 Å². The molecule has 0 aromatic carbocycles. The van der Waals surface area contributed by atoms with E-state index in [1.807, 2.05) is 12.1 Å². The summed E-state index contributed by atoms with van der Waals surface area (Å²) in [6.45, 7) is 1.93. The highest BCUT2D eigenvalue weighted by atomic mass is 35.5. The number of carbonyl (C=O) groups excluding carboxylic acids is 1. The Morgan fingerprint density at radius 2 is 2.17 bits per heavy atom. The lowest BCUT2D eigenvalue weighted by molar-refractivity contribution is 0.240. The van der Waals surface area contributed by atoms with Crippen LogP contribution >= 0.6 is 11.6 Å². The van der Waals surface area contributed by atoms with E-state index in [4.69, 9.17) is 11.6 Å². The molecule has 0 saturated heterocycles. The molecule has 0 saturated carbocycles. The van der Waals surface area contributed by atoms with Crippen molar-refractivity contribution in [2.45, 2.75) is 25.8 Å². The maximum absolute atomic E-state index is 11.8. The molecule has 0 radical (unpaired) electrons. The highest BCUT2D eigenvalue weighted by Crippen LogP contribution is 2.19. The lowest BCUT2D eigenvalue weighted by Crippen LogP contribution is -2.36. The summed E-state index contributed by atoms with van der Waals surface area (Å²) in [4.78, 5) is 20.4. The van der Waals surface area contributed by atoms with Crippen LogP contribution in [0.1, 0.15) is 23.2 Å². The van der Waals surface area contributed by atoms with E-state index < -0.39 is 0 Å². The molecular weight excluding hydrogens is 326 g/mol. The molecule has 3 rings (SSSR count). The van der Waals surface area contributed by atoms with Crippen molar-refractivity contribution in [3.05, 3.63) is 52.4 Å². The summed E-state index contributed by atoms with van der Waals surface area (Å²) in [5.74, 6) is 0.985. The van der Waals surface area contributed by atoms with Gasteiger partial charge in [-0.15, -0.1) is 0 Å². The van der Waals surface area contributed by atoms with E-state index in [1.165, 1.54) is 5.56 Å².